The highest BCUT2D eigenvalue weighted by atomic mass is 16.5. The van der Waals surface area contributed by atoms with Gasteiger partial charge in [0.25, 0.3) is 5.91 Å². The molecule has 2 aromatic carbocycles. The van der Waals surface area contributed by atoms with Gasteiger partial charge in [-0.2, -0.15) is 0 Å². The SMILES string of the molecule is CC(=O)c1cccc(NC(=O)[C@@H](C)OC(=O)CNC(=O)/C=C/c2ccccc2)c1. The van der Waals surface area contributed by atoms with Crippen LogP contribution in [-0.4, -0.2) is 36.2 Å². The van der Waals surface area contributed by atoms with Crippen LogP contribution >= 0.6 is 0 Å². The quantitative estimate of drug-likeness (QED) is 0.407. The number of anilines is 1. The number of carbonyl (C=O) groups is 4. The molecule has 0 saturated heterocycles. The molecule has 0 saturated carbocycles. The van der Waals surface area contributed by atoms with Crippen molar-refractivity contribution < 1.29 is 23.9 Å². The second-order valence-corrected chi connectivity index (χ2v) is 6.22. The molecule has 7 nitrogen and oxygen atoms in total. The third-order valence-electron chi connectivity index (χ3n) is 3.85. The maximum absolute atomic E-state index is 12.2. The second kappa shape index (κ2) is 10.6. The van der Waals surface area contributed by atoms with Gasteiger partial charge in [-0.1, -0.05) is 42.5 Å². The lowest BCUT2D eigenvalue weighted by molar-refractivity contribution is -0.152. The molecule has 2 N–H and O–H groups in total. The molecule has 0 fully saturated rings. The van der Waals surface area contributed by atoms with E-state index in [2.05, 4.69) is 10.6 Å². The average molecular weight is 394 g/mol. The van der Waals surface area contributed by atoms with E-state index in [9.17, 15) is 19.2 Å². The smallest absolute Gasteiger partial charge is 0.326 e. The summed E-state index contributed by atoms with van der Waals surface area (Å²) in [4.78, 5) is 47.2. The highest BCUT2D eigenvalue weighted by molar-refractivity contribution is 5.99. The van der Waals surface area contributed by atoms with Gasteiger partial charge in [0.05, 0.1) is 0 Å². The van der Waals surface area contributed by atoms with Gasteiger partial charge >= 0.3 is 5.97 Å². The molecule has 0 aromatic heterocycles. The highest BCUT2D eigenvalue weighted by Gasteiger charge is 2.18. The number of ether oxygens (including phenoxy) is 1. The van der Waals surface area contributed by atoms with Gasteiger partial charge in [0.2, 0.25) is 5.91 Å². The van der Waals surface area contributed by atoms with E-state index in [0.717, 1.165) is 5.56 Å². The third-order valence-corrected chi connectivity index (χ3v) is 3.85. The predicted octanol–water partition coefficient (Wildman–Crippen LogP) is 2.59. The number of hydrogen-bond acceptors (Lipinski definition) is 5. The van der Waals surface area contributed by atoms with E-state index in [1.54, 1.807) is 24.3 Å². The van der Waals surface area contributed by atoms with Gasteiger partial charge in [0.15, 0.2) is 11.9 Å². The molecule has 1 atom stereocenters. The van der Waals surface area contributed by atoms with Crippen LogP contribution in [0.25, 0.3) is 6.08 Å². The number of ketones is 1. The molecule has 2 rings (SSSR count). The first-order valence-corrected chi connectivity index (χ1v) is 8.97. The first-order valence-electron chi connectivity index (χ1n) is 8.97. The van der Waals surface area contributed by atoms with Crippen molar-refractivity contribution in [2.75, 3.05) is 11.9 Å². The van der Waals surface area contributed by atoms with Crippen LogP contribution in [0, 0.1) is 0 Å². The van der Waals surface area contributed by atoms with Gasteiger partial charge in [-0.05, 0) is 37.6 Å². The molecule has 0 aliphatic rings. The van der Waals surface area contributed by atoms with E-state index in [1.807, 2.05) is 30.3 Å². The van der Waals surface area contributed by atoms with Gasteiger partial charge < -0.3 is 15.4 Å². The summed E-state index contributed by atoms with van der Waals surface area (Å²) in [5, 5.41) is 4.98. The minimum Gasteiger partial charge on any atom is -0.451 e. The number of carbonyl (C=O) groups excluding carboxylic acids is 4. The fraction of sp³-hybridized carbons (Fsp3) is 0.182. The van der Waals surface area contributed by atoms with E-state index >= 15 is 0 Å². The Bertz CT molecular complexity index is 922. The topological polar surface area (TPSA) is 102 Å². The van der Waals surface area contributed by atoms with E-state index < -0.39 is 23.9 Å². The molecule has 0 radical (unpaired) electrons. The van der Waals surface area contributed by atoms with Crippen LogP contribution < -0.4 is 10.6 Å². The summed E-state index contributed by atoms with van der Waals surface area (Å²) in [6, 6.07) is 15.7. The summed E-state index contributed by atoms with van der Waals surface area (Å²) in [5.74, 6) is -1.87. The summed E-state index contributed by atoms with van der Waals surface area (Å²) in [5.41, 5.74) is 1.73. The molecule has 0 bridgehead atoms. The molecule has 0 unspecified atom stereocenters. The van der Waals surface area contributed by atoms with Crippen LogP contribution in [-0.2, 0) is 19.1 Å². The Morgan fingerprint density at radius 1 is 1.03 bits per heavy atom. The summed E-state index contributed by atoms with van der Waals surface area (Å²) in [6.45, 7) is 2.48. The van der Waals surface area contributed by atoms with Crippen molar-refractivity contribution in [1.82, 2.24) is 5.32 Å². The number of rotatable bonds is 8. The monoisotopic (exact) mass is 394 g/mol. The van der Waals surface area contributed by atoms with Crippen molar-refractivity contribution in [2.45, 2.75) is 20.0 Å². The van der Waals surface area contributed by atoms with Crippen molar-refractivity contribution in [3.63, 3.8) is 0 Å². The zero-order valence-electron chi connectivity index (χ0n) is 16.2. The molecule has 29 heavy (non-hydrogen) atoms. The Morgan fingerprint density at radius 3 is 2.45 bits per heavy atom. The highest BCUT2D eigenvalue weighted by Crippen LogP contribution is 2.12. The molecule has 2 aromatic rings. The van der Waals surface area contributed by atoms with Gasteiger partial charge in [-0.15, -0.1) is 0 Å². The fourth-order valence-corrected chi connectivity index (χ4v) is 2.31. The maximum Gasteiger partial charge on any atom is 0.326 e. The number of benzene rings is 2. The Morgan fingerprint density at radius 2 is 1.76 bits per heavy atom. The zero-order chi connectivity index (χ0) is 21.2. The molecular weight excluding hydrogens is 372 g/mol. The zero-order valence-corrected chi connectivity index (χ0v) is 16.2. The fourth-order valence-electron chi connectivity index (χ4n) is 2.31. The Kier molecular flexibility index (Phi) is 7.85. The molecular formula is C22H22N2O5. The molecule has 150 valence electrons. The minimum absolute atomic E-state index is 0.127. The molecule has 0 spiro atoms. The molecule has 0 aliphatic heterocycles. The van der Waals surface area contributed by atoms with E-state index in [0.29, 0.717) is 11.3 Å². The van der Waals surface area contributed by atoms with Crippen LogP contribution in [0.1, 0.15) is 29.8 Å². The van der Waals surface area contributed by atoms with E-state index in [-0.39, 0.29) is 12.3 Å². The van der Waals surface area contributed by atoms with Crippen molar-refractivity contribution in [2.24, 2.45) is 0 Å². The van der Waals surface area contributed by atoms with Gasteiger partial charge in [-0.3, -0.25) is 19.2 Å². The first-order chi connectivity index (χ1) is 13.8. The summed E-state index contributed by atoms with van der Waals surface area (Å²) in [6.07, 6.45) is 1.85. The van der Waals surface area contributed by atoms with Crippen LogP contribution in [0.4, 0.5) is 5.69 Å². The van der Waals surface area contributed by atoms with Crippen molar-refractivity contribution in [3.05, 3.63) is 71.8 Å². The number of Topliss-reactive ketones (excluding diaryl/α,β-unsaturated/α-hetero) is 1. The molecule has 7 heteroatoms. The standard InChI is InChI=1S/C22H22N2O5/c1-15(25)18-9-6-10-19(13-18)24-22(28)16(2)29-21(27)14-23-20(26)12-11-17-7-4-3-5-8-17/h3-13,16H,14H2,1-2H3,(H,23,26)(H,24,28)/b12-11+/t16-/m1/s1. The summed E-state index contributed by atoms with van der Waals surface area (Å²) < 4.78 is 5.02. The first kappa shape index (κ1) is 21.6. The van der Waals surface area contributed by atoms with Gasteiger partial charge in [0.1, 0.15) is 6.54 Å². The number of hydrogen-bond donors (Lipinski definition) is 2. The van der Waals surface area contributed by atoms with Crippen LogP contribution in [0.3, 0.4) is 0 Å². The average Bonchev–Trinajstić information content (AvgIpc) is 2.71. The van der Waals surface area contributed by atoms with Crippen molar-refractivity contribution in [1.29, 1.82) is 0 Å². The second-order valence-electron chi connectivity index (χ2n) is 6.22. The largest absolute Gasteiger partial charge is 0.451 e. The maximum atomic E-state index is 12.2. The van der Waals surface area contributed by atoms with E-state index in [1.165, 1.54) is 26.0 Å². The van der Waals surface area contributed by atoms with E-state index in [4.69, 9.17) is 4.74 Å². The van der Waals surface area contributed by atoms with Gasteiger partial charge in [-0.25, -0.2) is 0 Å². The Balaban J connectivity index is 1.78. The predicted molar refractivity (Wildman–Crippen MR) is 109 cm³/mol. The van der Waals surface area contributed by atoms with Gasteiger partial charge in [0, 0.05) is 17.3 Å². The lowest BCUT2D eigenvalue weighted by Crippen LogP contribution is -2.35. The normalized spacial score (nSPS) is 11.5. The van der Waals surface area contributed by atoms with Crippen molar-refractivity contribution in [3.8, 4) is 0 Å². The number of esters is 1. The number of nitrogens with one attached hydrogen (secondary N) is 2. The Hall–Kier alpha value is -3.74. The molecule has 0 aliphatic carbocycles. The Labute approximate surface area is 168 Å². The van der Waals surface area contributed by atoms with Crippen LogP contribution in [0.15, 0.2) is 60.7 Å². The summed E-state index contributed by atoms with van der Waals surface area (Å²) in [7, 11) is 0. The lowest BCUT2D eigenvalue weighted by atomic mass is 10.1. The third kappa shape index (κ3) is 7.42. The van der Waals surface area contributed by atoms with Crippen LogP contribution in [0.2, 0.25) is 0 Å². The van der Waals surface area contributed by atoms with Crippen molar-refractivity contribution >= 4 is 35.3 Å². The molecule has 2 amide bonds. The van der Waals surface area contributed by atoms with Crippen LogP contribution in [0.5, 0.6) is 0 Å². The lowest BCUT2D eigenvalue weighted by Gasteiger charge is -2.14. The number of amides is 2. The summed E-state index contributed by atoms with van der Waals surface area (Å²) >= 11 is 0. The molecule has 0 heterocycles. The minimum atomic E-state index is -1.07.